The first kappa shape index (κ1) is 18.2. The normalized spacial score (nSPS) is 10.7. The maximum atomic E-state index is 12.2. The maximum Gasteiger partial charge on any atom is 0.163 e. The van der Waals surface area contributed by atoms with Gasteiger partial charge in [-0.05, 0) is 51.1 Å². The van der Waals surface area contributed by atoms with Crippen molar-refractivity contribution in [2.45, 2.75) is 33.2 Å². The van der Waals surface area contributed by atoms with Gasteiger partial charge in [0.15, 0.2) is 5.78 Å². The molecule has 0 aromatic heterocycles. The molecule has 0 radical (unpaired) electrons. The van der Waals surface area contributed by atoms with Crippen molar-refractivity contribution in [3.8, 4) is 11.1 Å². The molecule has 0 saturated heterocycles. The lowest BCUT2D eigenvalue weighted by Crippen LogP contribution is -2.10. The minimum atomic E-state index is 0.209. The number of rotatable bonds is 7. The highest BCUT2D eigenvalue weighted by Crippen LogP contribution is 2.21. The summed E-state index contributed by atoms with van der Waals surface area (Å²) in [5.41, 5.74) is 5.68. The van der Waals surface area contributed by atoms with Crippen LogP contribution >= 0.6 is 0 Å². The van der Waals surface area contributed by atoms with Crippen LogP contribution < -0.4 is 0 Å². The van der Waals surface area contributed by atoms with Crippen molar-refractivity contribution < 1.29 is 4.79 Å². The van der Waals surface area contributed by atoms with Gasteiger partial charge in [-0.25, -0.2) is 0 Å². The summed E-state index contributed by atoms with van der Waals surface area (Å²) in [6, 6.07) is 16.6. The van der Waals surface area contributed by atoms with E-state index in [1.165, 1.54) is 16.7 Å². The zero-order valence-electron chi connectivity index (χ0n) is 15.2. The van der Waals surface area contributed by atoms with E-state index in [1.807, 2.05) is 24.3 Å². The Morgan fingerprint density at radius 2 is 1.46 bits per heavy atom. The predicted molar refractivity (Wildman–Crippen MR) is 102 cm³/mol. The molecule has 0 spiro atoms. The molecule has 126 valence electrons. The Morgan fingerprint density at radius 3 is 1.96 bits per heavy atom. The van der Waals surface area contributed by atoms with Crippen molar-refractivity contribution in [3.05, 3.63) is 71.3 Å². The van der Waals surface area contributed by atoms with Gasteiger partial charge < -0.3 is 4.90 Å². The van der Waals surface area contributed by atoms with Crippen LogP contribution in [0.25, 0.3) is 11.1 Å². The van der Waals surface area contributed by atoms with Gasteiger partial charge in [-0.3, -0.25) is 4.79 Å². The largest absolute Gasteiger partial charge is 0.305 e. The van der Waals surface area contributed by atoms with Gasteiger partial charge in [0.2, 0.25) is 0 Å². The summed E-state index contributed by atoms with van der Waals surface area (Å²) in [5, 5.41) is 0. The number of hydrogen-bond donors (Lipinski definition) is 0. The van der Waals surface area contributed by atoms with Crippen LogP contribution in [0.2, 0.25) is 0 Å². The van der Waals surface area contributed by atoms with Crippen LogP contribution in [0.15, 0.2) is 60.2 Å². The fraction of sp³-hybridized carbons (Fsp3) is 0.318. The van der Waals surface area contributed by atoms with Crippen molar-refractivity contribution in [1.29, 1.82) is 0 Å². The Balaban J connectivity index is 2.03. The highest BCUT2D eigenvalue weighted by molar-refractivity contribution is 5.96. The molecule has 2 nitrogen and oxygen atoms in total. The van der Waals surface area contributed by atoms with E-state index in [0.717, 1.165) is 24.1 Å². The summed E-state index contributed by atoms with van der Waals surface area (Å²) in [7, 11) is 4.14. The molecule has 24 heavy (non-hydrogen) atoms. The molecular formula is C22H27NO. The van der Waals surface area contributed by atoms with Gasteiger partial charge in [0, 0.05) is 18.5 Å². The molecule has 2 rings (SSSR count). The van der Waals surface area contributed by atoms with E-state index in [2.05, 4.69) is 63.2 Å². The lowest BCUT2D eigenvalue weighted by molar-refractivity contribution is 0.0983. The van der Waals surface area contributed by atoms with E-state index in [0.29, 0.717) is 6.42 Å². The topological polar surface area (TPSA) is 20.3 Å². The second-order valence-corrected chi connectivity index (χ2v) is 6.76. The van der Waals surface area contributed by atoms with Gasteiger partial charge in [0.1, 0.15) is 0 Å². The van der Waals surface area contributed by atoms with Crippen LogP contribution in [0, 0.1) is 0 Å². The summed E-state index contributed by atoms with van der Waals surface area (Å²) in [6.07, 6.45) is 3.50. The fourth-order valence-electron chi connectivity index (χ4n) is 2.65. The molecule has 0 N–H and O–H groups in total. The molecule has 0 aliphatic carbocycles. The minimum absolute atomic E-state index is 0.209. The molecular weight excluding hydrogens is 294 g/mol. The van der Waals surface area contributed by atoms with Gasteiger partial charge in [-0.15, -0.1) is 0 Å². The first-order valence-electron chi connectivity index (χ1n) is 8.46. The molecule has 0 bridgehead atoms. The maximum absolute atomic E-state index is 12.2. The monoisotopic (exact) mass is 321 g/mol. The lowest BCUT2D eigenvalue weighted by atomic mass is 10.00. The number of hydrogen-bond acceptors (Lipinski definition) is 2. The Bertz CT molecular complexity index is 690. The number of carbonyl (C=O) groups is 1. The Labute approximate surface area is 145 Å². The van der Waals surface area contributed by atoms with Crippen LogP contribution in [-0.2, 0) is 6.54 Å². The first-order valence-corrected chi connectivity index (χ1v) is 8.46. The van der Waals surface area contributed by atoms with Gasteiger partial charge in [0.05, 0.1) is 0 Å². The van der Waals surface area contributed by atoms with Crippen molar-refractivity contribution >= 4 is 5.78 Å². The highest BCUT2D eigenvalue weighted by Gasteiger charge is 2.06. The molecule has 0 fully saturated rings. The standard InChI is InChI=1S/C22H27NO/c1-17(2)6-5-7-22(24)21-14-12-20(13-15-21)19-10-8-18(9-11-19)16-23(3)4/h6,8-15H,5,7,16H2,1-4H3. The third-order valence-corrected chi connectivity index (χ3v) is 3.92. The molecule has 0 aliphatic rings. The van der Waals surface area contributed by atoms with E-state index in [1.54, 1.807) is 0 Å². The van der Waals surface area contributed by atoms with Crippen LogP contribution in [-0.4, -0.2) is 24.8 Å². The molecule has 2 aromatic carbocycles. The average Bonchev–Trinajstić information content (AvgIpc) is 2.55. The number of carbonyl (C=O) groups excluding carboxylic acids is 1. The van der Waals surface area contributed by atoms with Crippen molar-refractivity contribution in [1.82, 2.24) is 4.90 Å². The van der Waals surface area contributed by atoms with E-state index in [-0.39, 0.29) is 5.78 Å². The Hall–Kier alpha value is -2.19. The van der Waals surface area contributed by atoms with Crippen LogP contribution in [0.4, 0.5) is 0 Å². The van der Waals surface area contributed by atoms with Crippen LogP contribution in [0.1, 0.15) is 42.6 Å². The molecule has 0 unspecified atom stereocenters. The van der Waals surface area contributed by atoms with Gasteiger partial charge in [0.25, 0.3) is 0 Å². The number of allylic oxidation sites excluding steroid dienone is 2. The van der Waals surface area contributed by atoms with Gasteiger partial charge in [-0.2, -0.15) is 0 Å². The second-order valence-electron chi connectivity index (χ2n) is 6.76. The lowest BCUT2D eigenvalue weighted by Gasteiger charge is -2.10. The highest BCUT2D eigenvalue weighted by atomic mass is 16.1. The van der Waals surface area contributed by atoms with Gasteiger partial charge in [-0.1, -0.05) is 60.2 Å². The van der Waals surface area contributed by atoms with E-state index in [9.17, 15) is 4.79 Å². The quantitative estimate of drug-likeness (QED) is 0.506. The summed E-state index contributed by atoms with van der Waals surface area (Å²) in [6.45, 7) is 5.06. The summed E-state index contributed by atoms with van der Waals surface area (Å²) in [4.78, 5) is 14.3. The minimum Gasteiger partial charge on any atom is -0.305 e. The number of benzene rings is 2. The average molecular weight is 321 g/mol. The zero-order valence-corrected chi connectivity index (χ0v) is 15.2. The Kier molecular flexibility index (Phi) is 6.51. The van der Waals surface area contributed by atoms with E-state index < -0.39 is 0 Å². The number of nitrogens with zero attached hydrogens (tertiary/aromatic N) is 1. The van der Waals surface area contributed by atoms with Crippen molar-refractivity contribution in [2.24, 2.45) is 0 Å². The van der Waals surface area contributed by atoms with Crippen LogP contribution in [0.3, 0.4) is 0 Å². The second kappa shape index (κ2) is 8.60. The fourth-order valence-corrected chi connectivity index (χ4v) is 2.65. The van der Waals surface area contributed by atoms with E-state index >= 15 is 0 Å². The molecule has 0 aliphatic heterocycles. The SMILES string of the molecule is CC(C)=CCCC(=O)c1ccc(-c2ccc(CN(C)C)cc2)cc1. The zero-order chi connectivity index (χ0) is 17.5. The van der Waals surface area contributed by atoms with Crippen molar-refractivity contribution in [2.75, 3.05) is 14.1 Å². The van der Waals surface area contributed by atoms with Crippen molar-refractivity contribution in [3.63, 3.8) is 0 Å². The van der Waals surface area contributed by atoms with E-state index in [4.69, 9.17) is 0 Å². The summed E-state index contributed by atoms with van der Waals surface area (Å²) in [5.74, 6) is 0.209. The summed E-state index contributed by atoms with van der Waals surface area (Å²) < 4.78 is 0. The predicted octanol–water partition coefficient (Wildman–Crippen LogP) is 5.34. The number of ketones is 1. The third kappa shape index (κ3) is 5.47. The number of Topliss-reactive ketones (excluding diaryl/α,β-unsaturated/α-hetero) is 1. The molecule has 0 heterocycles. The first-order chi connectivity index (χ1) is 11.5. The van der Waals surface area contributed by atoms with Gasteiger partial charge >= 0.3 is 0 Å². The third-order valence-electron chi connectivity index (χ3n) is 3.92. The molecule has 2 aromatic rings. The molecule has 0 amide bonds. The molecule has 0 saturated carbocycles. The molecule has 2 heteroatoms. The Morgan fingerprint density at radius 1 is 0.917 bits per heavy atom. The molecule has 0 atom stereocenters. The van der Waals surface area contributed by atoms with Crippen LogP contribution in [0.5, 0.6) is 0 Å². The smallest absolute Gasteiger partial charge is 0.163 e. The summed E-state index contributed by atoms with van der Waals surface area (Å²) >= 11 is 0.